The fraction of sp³-hybridized carbons (Fsp3) is 0.300. The van der Waals surface area contributed by atoms with E-state index in [1.165, 1.54) is 0 Å². The van der Waals surface area contributed by atoms with E-state index < -0.39 is 0 Å². The number of hydrogen-bond acceptors (Lipinski definition) is 4. The van der Waals surface area contributed by atoms with Gasteiger partial charge < -0.3 is 19.1 Å². The molecule has 26 heavy (non-hydrogen) atoms. The molecule has 134 valence electrons. The highest BCUT2D eigenvalue weighted by Gasteiger charge is 2.24. The number of aryl methyl sites for hydroxylation is 1. The van der Waals surface area contributed by atoms with Gasteiger partial charge in [-0.25, -0.2) is 4.98 Å². The lowest BCUT2D eigenvalue weighted by molar-refractivity contribution is -0.133. The van der Waals surface area contributed by atoms with Crippen molar-refractivity contribution in [3.05, 3.63) is 54.6 Å². The molecule has 1 amide bonds. The lowest BCUT2D eigenvalue weighted by atomic mass is 10.3. The largest absolute Gasteiger partial charge is 0.484 e. The van der Waals surface area contributed by atoms with Crippen molar-refractivity contribution in [2.24, 2.45) is 7.05 Å². The molecule has 0 N–H and O–H groups in total. The van der Waals surface area contributed by atoms with E-state index in [9.17, 15) is 4.79 Å². The van der Waals surface area contributed by atoms with Gasteiger partial charge in [-0.05, 0) is 24.3 Å². The second kappa shape index (κ2) is 7.07. The molecule has 1 saturated heterocycles. The van der Waals surface area contributed by atoms with Crippen LogP contribution in [0, 0.1) is 0 Å². The number of hydrogen-bond donors (Lipinski definition) is 0. The number of benzene rings is 2. The maximum atomic E-state index is 12.4. The third-order valence-corrected chi connectivity index (χ3v) is 4.78. The number of rotatable bonds is 4. The molecule has 0 atom stereocenters. The minimum absolute atomic E-state index is 0.0264. The molecular weight excluding hydrogens is 328 g/mol. The van der Waals surface area contributed by atoms with Gasteiger partial charge in [0.1, 0.15) is 5.75 Å². The number of ether oxygens (including phenoxy) is 1. The van der Waals surface area contributed by atoms with Crippen molar-refractivity contribution in [3.8, 4) is 5.75 Å². The van der Waals surface area contributed by atoms with E-state index >= 15 is 0 Å². The Kier molecular flexibility index (Phi) is 4.48. The van der Waals surface area contributed by atoms with Crippen molar-refractivity contribution < 1.29 is 9.53 Å². The Labute approximate surface area is 152 Å². The molecule has 3 aromatic rings. The molecule has 1 aliphatic rings. The van der Waals surface area contributed by atoms with Crippen LogP contribution in [0.1, 0.15) is 0 Å². The summed E-state index contributed by atoms with van der Waals surface area (Å²) >= 11 is 0. The van der Waals surface area contributed by atoms with Gasteiger partial charge in [0.2, 0.25) is 5.95 Å². The standard InChI is InChI=1S/C20H22N4O2/c1-22-18-10-6-5-9-17(18)21-20(22)24-13-11-23(12-14-24)19(25)15-26-16-7-3-2-4-8-16/h2-10H,11-15H2,1H3. The Hall–Kier alpha value is -3.02. The zero-order valence-electron chi connectivity index (χ0n) is 14.8. The molecule has 2 aromatic carbocycles. The Balaban J connectivity index is 1.36. The minimum atomic E-state index is 0.0264. The molecule has 0 aliphatic carbocycles. The summed E-state index contributed by atoms with van der Waals surface area (Å²) in [7, 11) is 2.04. The van der Waals surface area contributed by atoms with E-state index in [2.05, 4.69) is 15.5 Å². The predicted molar refractivity (Wildman–Crippen MR) is 101 cm³/mol. The van der Waals surface area contributed by atoms with Crippen LogP contribution in [0.3, 0.4) is 0 Å². The van der Waals surface area contributed by atoms with Gasteiger partial charge in [-0.15, -0.1) is 0 Å². The van der Waals surface area contributed by atoms with Gasteiger partial charge in [0.15, 0.2) is 6.61 Å². The molecule has 4 rings (SSSR count). The van der Waals surface area contributed by atoms with Crippen LogP contribution in [0.25, 0.3) is 11.0 Å². The number of fused-ring (bicyclic) bond motifs is 1. The Bertz CT molecular complexity index is 899. The van der Waals surface area contributed by atoms with Crippen molar-refractivity contribution in [1.82, 2.24) is 14.5 Å². The highest BCUT2D eigenvalue weighted by Crippen LogP contribution is 2.22. The Morgan fingerprint density at radius 3 is 2.42 bits per heavy atom. The zero-order chi connectivity index (χ0) is 17.9. The van der Waals surface area contributed by atoms with Gasteiger partial charge in [0.05, 0.1) is 11.0 Å². The van der Waals surface area contributed by atoms with Crippen molar-refractivity contribution in [2.75, 3.05) is 37.7 Å². The molecule has 6 heteroatoms. The molecule has 1 aliphatic heterocycles. The SMILES string of the molecule is Cn1c(N2CCN(C(=O)COc3ccccc3)CC2)nc2ccccc21. The van der Waals surface area contributed by atoms with Crippen LogP contribution in [0.5, 0.6) is 5.75 Å². The van der Waals surface area contributed by atoms with E-state index in [-0.39, 0.29) is 12.5 Å². The predicted octanol–water partition coefficient (Wildman–Crippen LogP) is 2.30. The lowest BCUT2D eigenvalue weighted by Gasteiger charge is -2.35. The number of anilines is 1. The van der Waals surface area contributed by atoms with Crippen molar-refractivity contribution >= 4 is 22.9 Å². The van der Waals surface area contributed by atoms with E-state index in [1.54, 1.807) is 0 Å². The van der Waals surface area contributed by atoms with Crippen molar-refractivity contribution in [1.29, 1.82) is 0 Å². The number of imidazole rings is 1. The van der Waals surface area contributed by atoms with E-state index in [1.807, 2.05) is 60.5 Å². The molecule has 0 bridgehead atoms. The molecule has 0 radical (unpaired) electrons. The first-order valence-electron chi connectivity index (χ1n) is 8.84. The van der Waals surface area contributed by atoms with Crippen LogP contribution >= 0.6 is 0 Å². The molecule has 1 fully saturated rings. The van der Waals surface area contributed by atoms with Gasteiger partial charge in [0.25, 0.3) is 5.91 Å². The molecule has 0 unspecified atom stereocenters. The van der Waals surface area contributed by atoms with Crippen molar-refractivity contribution in [2.45, 2.75) is 0 Å². The number of aromatic nitrogens is 2. The first kappa shape index (κ1) is 16.4. The van der Waals surface area contributed by atoms with E-state index in [0.717, 1.165) is 35.8 Å². The van der Waals surface area contributed by atoms with Crippen LogP contribution in [-0.4, -0.2) is 53.1 Å². The van der Waals surface area contributed by atoms with Gasteiger partial charge in [0, 0.05) is 33.2 Å². The summed E-state index contributed by atoms with van der Waals surface area (Å²) in [5.74, 6) is 1.71. The molecule has 2 heterocycles. The normalized spacial score (nSPS) is 14.7. The summed E-state index contributed by atoms with van der Waals surface area (Å²) in [5.41, 5.74) is 2.12. The van der Waals surface area contributed by atoms with Gasteiger partial charge in [-0.1, -0.05) is 30.3 Å². The molecule has 1 aromatic heterocycles. The molecule has 6 nitrogen and oxygen atoms in total. The van der Waals surface area contributed by atoms with E-state index in [0.29, 0.717) is 13.1 Å². The van der Waals surface area contributed by atoms with Gasteiger partial charge >= 0.3 is 0 Å². The summed E-state index contributed by atoms with van der Waals surface area (Å²) in [6.07, 6.45) is 0. The van der Waals surface area contributed by atoms with Crippen LogP contribution in [0.2, 0.25) is 0 Å². The summed E-state index contributed by atoms with van der Waals surface area (Å²) in [6, 6.07) is 17.6. The quantitative estimate of drug-likeness (QED) is 0.724. The van der Waals surface area contributed by atoms with Crippen LogP contribution in [0.4, 0.5) is 5.95 Å². The number of carbonyl (C=O) groups is 1. The number of amides is 1. The van der Waals surface area contributed by atoms with Crippen LogP contribution in [-0.2, 0) is 11.8 Å². The van der Waals surface area contributed by atoms with Gasteiger partial charge in [-0.3, -0.25) is 4.79 Å². The molecule has 0 spiro atoms. The minimum Gasteiger partial charge on any atom is -0.484 e. The van der Waals surface area contributed by atoms with Crippen molar-refractivity contribution in [3.63, 3.8) is 0 Å². The fourth-order valence-corrected chi connectivity index (χ4v) is 3.32. The summed E-state index contributed by atoms with van der Waals surface area (Å²) in [6.45, 7) is 2.99. The maximum absolute atomic E-state index is 12.4. The fourth-order valence-electron chi connectivity index (χ4n) is 3.32. The number of nitrogens with zero attached hydrogens (tertiary/aromatic N) is 4. The summed E-state index contributed by atoms with van der Waals surface area (Å²) in [5, 5.41) is 0. The monoisotopic (exact) mass is 350 g/mol. The smallest absolute Gasteiger partial charge is 0.260 e. The second-order valence-corrected chi connectivity index (χ2v) is 6.43. The van der Waals surface area contributed by atoms with Crippen LogP contribution < -0.4 is 9.64 Å². The summed E-state index contributed by atoms with van der Waals surface area (Å²) in [4.78, 5) is 21.2. The highest BCUT2D eigenvalue weighted by atomic mass is 16.5. The van der Waals surface area contributed by atoms with Gasteiger partial charge in [-0.2, -0.15) is 0 Å². The van der Waals surface area contributed by atoms with E-state index in [4.69, 9.17) is 9.72 Å². The third-order valence-electron chi connectivity index (χ3n) is 4.78. The topological polar surface area (TPSA) is 50.6 Å². The first-order chi connectivity index (χ1) is 12.7. The number of para-hydroxylation sites is 3. The Morgan fingerprint density at radius 1 is 1.00 bits per heavy atom. The molecule has 0 saturated carbocycles. The first-order valence-corrected chi connectivity index (χ1v) is 8.84. The second-order valence-electron chi connectivity index (χ2n) is 6.43. The highest BCUT2D eigenvalue weighted by molar-refractivity contribution is 5.79. The average molecular weight is 350 g/mol. The average Bonchev–Trinajstić information content (AvgIpc) is 3.04. The lowest BCUT2D eigenvalue weighted by Crippen LogP contribution is -2.50. The van der Waals surface area contributed by atoms with Crippen LogP contribution in [0.15, 0.2) is 54.6 Å². The zero-order valence-corrected chi connectivity index (χ0v) is 14.8. The molecular formula is C20H22N4O2. The maximum Gasteiger partial charge on any atom is 0.260 e. The summed E-state index contributed by atoms with van der Waals surface area (Å²) < 4.78 is 7.69. The Morgan fingerprint density at radius 2 is 1.69 bits per heavy atom. The number of piperazine rings is 1. The third kappa shape index (κ3) is 3.22. The number of carbonyl (C=O) groups excluding carboxylic acids is 1.